The minimum atomic E-state index is -0.845. The molecule has 1 aromatic carbocycles. The van der Waals surface area contributed by atoms with Crippen LogP contribution in [0.1, 0.15) is 12.5 Å². The number of fused-ring (bicyclic) bond motifs is 1. The molecule has 1 unspecified atom stereocenters. The zero-order chi connectivity index (χ0) is 13.7. The van der Waals surface area contributed by atoms with Crippen molar-refractivity contribution in [2.45, 2.75) is 19.5 Å². The summed E-state index contributed by atoms with van der Waals surface area (Å²) in [4.78, 5) is 10.4. The van der Waals surface area contributed by atoms with Gasteiger partial charge in [0.2, 0.25) is 6.79 Å². The summed E-state index contributed by atoms with van der Waals surface area (Å²) in [7, 11) is 0. The van der Waals surface area contributed by atoms with E-state index in [1.54, 1.807) is 0 Å². The molecule has 0 fully saturated rings. The number of rotatable bonds is 7. The molecule has 19 heavy (non-hydrogen) atoms. The molecule has 0 bridgehead atoms. The lowest BCUT2D eigenvalue weighted by atomic mass is 10.2. The predicted octanol–water partition coefficient (Wildman–Crippen LogP) is 0.568. The summed E-state index contributed by atoms with van der Waals surface area (Å²) < 4.78 is 10.5. The third-order valence-electron chi connectivity index (χ3n) is 2.82. The molecular formula is C13H18N2O4. The van der Waals surface area contributed by atoms with Crippen LogP contribution in [0.15, 0.2) is 18.2 Å². The number of hydrogen-bond acceptors (Lipinski definition) is 5. The van der Waals surface area contributed by atoms with Gasteiger partial charge in [0.15, 0.2) is 11.5 Å². The maximum absolute atomic E-state index is 10.4. The highest BCUT2D eigenvalue weighted by molar-refractivity contribution is 5.69. The number of ether oxygens (including phenoxy) is 2. The first-order valence-electron chi connectivity index (χ1n) is 6.19. The van der Waals surface area contributed by atoms with Crippen molar-refractivity contribution in [1.82, 2.24) is 10.6 Å². The molecule has 2 rings (SSSR count). The third-order valence-corrected chi connectivity index (χ3v) is 2.82. The second-order valence-corrected chi connectivity index (χ2v) is 4.49. The van der Waals surface area contributed by atoms with Crippen LogP contribution in [0.2, 0.25) is 0 Å². The number of benzene rings is 1. The van der Waals surface area contributed by atoms with Crippen LogP contribution in [0.4, 0.5) is 0 Å². The molecule has 6 nitrogen and oxygen atoms in total. The van der Waals surface area contributed by atoms with Crippen molar-refractivity contribution in [3.05, 3.63) is 23.8 Å². The van der Waals surface area contributed by atoms with Gasteiger partial charge in [0.1, 0.15) is 0 Å². The van der Waals surface area contributed by atoms with Gasteiger partial charge in [-0.1, -0.05) is 6.07 Å². The molecule has 0 saturated carbocycles. The Bertz CT molecular complexity index is 450. The number of hydrogen-bond donors (Lipinski definition) is 3. The number of nitrogens with one attached hydrogen (secondary N) is 2. The van der Waals surface area contributed by atoms with Crippen molar-refractivity contribution >= 4 is 5.97 Å². The Kier molecular flexibility index (Phi) is 4.59. The standard InChI is InChI=1S/C13H18N2O4/c1-9(15-7-13(16)17)5-14-6-10-2-3-11-12(4-10)19-8-18-11/h2-4,9,14-15H,5-8H2,1H3,(H,16,17). The highest BCUT2D eigenvalue weighted by atomic mass is 16.7. The largest absolute Gasteiger partial charge is 0.480 e. The van der Waals surface area contributed by atoms with Crippen LogP contribution in [0.5, 0.6) is 11.5 Å². The van der Waals surface area contributed by atoms with E-state index in [-0.39, 0.29) is 19.4 Å². The van der Waals surface area contributed by atoms with Gasteiger partial charge in [-0.25, -0.2) is 0 Å². The summed E-state index contributed by atoms with van der Waals surface area (Å²) in [6.07, 6.45) is 0. The average molecular weight is 266 g/mol. The molecule has 0 radical (unpaired) electrons. The quantitative estimate of drug-likeness (QED) is 0.669. The fraction of sp³-hybridized carbons (Fsp3) is 0.462. The Balaban J connectivity index is 1.72. The van der Waals surface area contributed by atoms with Gasteiger partial charge in [0, 0.05) is 19.1 Å². The molecule has 1 aromatic rings. The monoisotopic (exact) mass is 266 g/mol. The molecule has 6 heteroatoms. The van der Waals surface area contributed by atoms with Gasteiger partial charge in [0.25, 0.3) is 0 Å². The molecule has 1 heterocycles. The van der Waals surface area contributed by atoms with Gasteiger partial charge in [-0.3, -0.25) is 4.79 Å². The van der Waals surface area contributed by atoms with Crippen molar-refractivity contribution in [1.29, 1.82) is 0 Å². The van der Waals surface area contributed by atoms with Crippen molar-refractivity contribution in [3.63, 3.8) is 0 Å². The van der Waals surface area contributed by atoms with E-state index in [0.717, 1.165) is 17.1 Å². The Hall–Kier alpha value is -1.79. The lowest BCUT2D eigenvalue weighted by Crippen LogP contribution is -2.38. The molecule has 0 aromatic heterocycles. The summed E-state index contributed by atoms with van der Waals surface area (Å²) in [5.41, 5.74) is 1.11. The minimum absolute atomic E-state index is 0.0210. The van der Waals surface area contributed by atoms with Gasteiger partial charge in [-0.05, 0) is 24.6 Å². The first kappa shape index (κ1) is 13.6. The highest BCUT2D eigenvalue weighted by Gasteiger charge is 2.13. The minimum Gasteiger partial charge on any atom is -0.480 e. The molecule has 104 valence electrons. The van der Waals surface area contributed by atoms with Crippen LogP contribution in [-0.4, -0.2) is 37.0 Å². The van der Waals surface area contributed by atoms with E-state index < -0.39 is 5.97 Å². The Morgan fingerprint density at radius 2 is 2.21 bits per heavy atom. The molecule has 1 aliphatic heterocycles. The number of carboxylic acid groups (broad SMARTS) is 1. The average Bonchev–Trinajstić information content (AvgIpc) is 2.83. The lowest BCUT2D eigenvalue weighted by Gasteiger charge is -2.13. The summed E-state index contributed by atoms with van der Waals surface area (Å²) in [5, 5.41) is 14.7. The molecule has 1 aliphatic rings. The molecular weight excluding hydrogens is 248 g/mol. The second kappa shape index (κ2) is 6.40. The Morgan fingerprint density at radius 1 is 1.42 bits per heavy atom. The fourth-order valence-corrected chi connectivity index (χ4v) is 1.82. The van der Waals surface area contributed by atoms with Crippen LogP contribution in [0, 0.1) is 0 Å². The van der Waals surface area contributed by atoms with Crippen molar-refractivity contribution in [2.75, 3.05) is 19.9 Å². The molecule has 0 amide bonds. The van der Waals surface area contributed by atoms with E-state index in [1.807, 2.05) is 25.1 Å². The predicted molar refractivity (Wildman–Crippen MR) is 69.4 cm³/mol. The van der Waals surface area contributed by atoms with E-state index in [4.69, 9.17) is 14.6 Å². The Morgan fingerprint density at radius 3 is 3.00 bits per heavy atom. The van der Waals surface area contributed by atoms with Crippen molar-refractivity contribution in [3.8, 4) is 11.5 Å². The van der Waals surface area contributed by atoms with E-state index in [2.05, 4.69) is 10.6 Å². The van der Waals surface area contributed by atoms with E-state index >= 15 is 0 Å². The molecule has 0 saturated heterocycles. The maximum atomic E-state index is 10.4. The molecule has 1 atom stereocenters. The first-order chi connectivity index (χ1) is 9.15. The van der Waals surface area contributed by atoms with Gasteiger partial charge in [-0.2, -0.15) is 0 Å². The topological polar surface area (TPSA) is 79.8 Å². The van der Waals surface area contributed by atoms with E-state index in [9.17, 15) is 4.79 Å². The van der Waals surface area contributed by atoms with Gasteiger partial charge < -0.3 is 25.2 Å². The van der Waals surface area contributed by atoms with Crippen molar-refractivity contribution < 1.29 is 19.4 Å². The highest BCUT2D eigenvalue weighted by Crippen LogP contribution is 2.32. The summed E-state index contributed by atoms with van der Waals surface area (Å²) >= 11 is 0. The zero-order valence-corrected chi connectivity index (χ0v) is 10.8. The number of carbonyl (C=O) groups is 1. The smallest absolute Gasteiger partial charge is 0.317 e. The second-order valence-electron chi connectivity index (χ2n) is 4.49. The van der Waals surface area contributed by atoms with E-state index in [0.29, 0.717) is 13.1 Å². The van der Waals surface area contributed by atoms with Crippen LogP contribution in [0.25, 0.3) is 0 Å². The number of carboxylic acids is 1. The van der Waals surface area contributed by atoms with E-state index in [1.165, 1.54) is 0 Å². The molecule has 0 spiro atoms. The van der Waals surface area contributed by atoms with Crippen LogP contribution in [-0.2, 0) is 11.3 Å². The van der Waals surface area contributed by atoms with Crippen LogP contribution >= 0.6 is 0 Å². The molecule has 0 aliphatic carbocycles. The molecule has 3 N–H and O–H groups in total. The normalized spacial score (nSPS) is 14.4. The SMILES string of the molecule is CC(CNCc1ccc2c(c1)OCO2)NCC(=O)O. The van der Waals surface area contributed by atoms with Crippen LogP contribution < -0.4 is 20.1 Å². The zero-order valence-electron chi connectivity index (χ0n) is 10.8. The van der Waals surface area contributed by atoms with Gasteiger partial charge in [0.05, 0.1) is 6.54 Å². The fourth-order valence-electron chi connectivity index (χ4n) is 1.82. The number of aliphatic carboxylic acids is 1. The van der Waals surface area contributed by atoms with Gasteiger partial charge in [-0.15, -0.1) is 0 Å². The summed E-state index contributed by atoms with van der Waals surface area (Å²) in [6, 6.07) is 5.93. The summed E-state index contributed by atoms with van der Waals surface area (Å²) in [6.45, 7) is 3.60. The van der Waals surface area contributed by atoms with Gasteiger partial charge >= 0.3 is 5.97 Å². The maximum Gasteiger partial charge on any atom is 0.317 e. The van der Waals surface area contributed by atoms with Crippen molar-refractivity contribution in [2.24, 2.45) is 0 Å². The lowest BCUT2D eigenvalue weighted by molar-refractivity contribution is -0.136. The first-order valence-corrected chi connectivity index (χ1v) is 6.19. The summed E-state index contributed by atoms with van der Waals surface area (Å²) in [5.74, 6) is 0.708. The third kappa shape index (κ3) is 4.11. The van der Waals surface area contributed by atoms with Crippen LogP contribution in [0.3, 0.4) is 0 Å². The Labute approximate surface area is 111 Å².